The Hall–Kier alpha value is -2.96. The molecule has 0 atom stereocenters. The number of nitrogens with one attached hydrogen (secondary N) is 2. The van der Waals surface area contributed by atoms with Gasteiger partial charge in [0.1, 0.15) is 5.15 Å². The molecular formula is C15H15ClN6O5S. The number of hydrogen-bond acceptors (Lipinski definition) is 10. The maximum atomic E-state index is 12.5. The van der Waals surface area contributed by atoms with Gasteiger partial charge in [-0.1, -0.05) is 22.9 Å². The Morgan fingerprint density at radius 1 is 1.39 bits per heavy atom. The standard InChI is InChI=1S/C15H15ClN6O5S/c1-25-6-5-17-8-7-9(27-13(24)11(8)26-2)12(23)19-14-20-21-15(28-14)22-10(16)3-4-18-22/h3-4,7,17H,5-6H2,1-2H3,(H,19,20,23). The number of aromatic nitrogens is 4. The van der Waals surface area contributed by atoms with Gasteiger partial charge in [-0.15, -0.1) is 10.2 Å². The van der Waals surface area contributed by atoms with Gasteiger partial charge in [0.05, 0.1) is 25.6 Å². The van der Waals surface area contributed by atoms with E-state index in [2.05, 4.69) is 25.9 Å². The van der Waals surface area contributed by atoms with Crippen molar-refractivity contribution in [2.45, 2.75) is 0 Å². The van der Waals surface area contributed by atoms with Crippen LogP contribution in [0, 0.1) is 0 Å². The molecule has 0 aromatic carbocycles. The van der Waals surface area contributed by atoms with E-state index in [1.54, 1.807) is 13.2 Å². The van der Waals surface area contributed by atoms with Crippen LogP contribution in [0.15, 0.2) is 27.5 Å². The van der Waals surface area contributed by atoms with Crippen molar-refractivity contribution in [2.75, 3.05) is 38.0 Å². The highest BCUT2D eigenvalue weighted by molar-refractivity contribution is 7.17. The van der Waals surface area contributed by atoms with Crippen LogP contribution in [0.4, 0.5) is 10.8 Å². The number of anilines is 2. The molecule has 0 saturated heterocycles. The molecule has 3 aromatic rings. The molecule has 0 bridgehead atoms. The third-order valence-corrected chi connectivity index (χ3v) is 4.47. The maximum absolute atomic E-state index is 12.5. The lowest BCUT2D eigenvalue weighted by Crippen LogP contribution is -2.18. The molecule has 0 aliphatic heterocycles. The van der Waals surface area contributed by atoms with Crippen LogP contribution in [0.3, 0.4) is 0 Å². The monoisotopic (exact) mass is 426 g/mol. The Labute approximate surface area is 167 Å². The molecule has 1 amide bonds. The number of methoxy groups -OCH3 is 2. The van der Waals surface area contributed by atoms with Crippen LogP contribution in [0.2, 0.25) is 5.15 Å². The van der Waals surface area contributed by atoms with Crippen molar-refractivity contribution in [1.82, 2.24) is 20.0 Å². The summed E-state index contributed by atoms with van der Waals surface area (Å²) in [6, 6.07) is 2.95. The molecule has 2 N–H and O–H groups in total. The van der Waals surface area contributed by atoms with Crippen molar-refractivity contribution in [2.24, 2.45) is 0 Å². The van der Waals surface area contributed by atoms with Crippen LogP contribution < -0.4 is 21.0 Å². The summed E-state index contributed by atoms with van der Waals surface area (Å²) in [5.41, 5.74) is -0.487. The molecule has 0 unspecified atom stereocenters. The number of rotatable bonds is 8. The Bertz CT molecular complexity index is 1030. The van der Waals surface area contributed by atoms with Gasteiger partial charge in [-0.3, -0.25) is 10.1 Å². The fraction of sp³-hybridized carbons (Fsp3) is 0.267. The molecule has 0 saturated carbocycles. The zero-order valence-corrected chi connectivity index (χ0v) is 16.3. The second kappa shape index (κ2) is 8.82. The summed E-state index contributed by atoms with van der Waals surface area (Å²) in [6.45, 7) is 0.802. The number of hydrogen-bond donors (Lipinski definition) is 2. The normalized spacial score (nSPS) is 10.7. The summed E-state index contributed by atoms with van der Waals surface area (Å²) in [4.78, 5) is 24.5. The summed E-state index contributed by atoms with van der Waals surface area (Å²) in [5, 5.41) is 18.1. The fourth-order valence-electron chi connectivity index (χ4n) is 2.14. The third-order valence-electron chi connectivity index (χ3n) is 3.37. The van der Waals surface area contributed by atoms with E-state index < -0.39 is 11.5 Å². The van der Waals surface area contributed by atoms with Gasteiger partial charge in [0, 0.05) is 19.7 Å². The van der Waals surface area contributed by atoms with Gasteiger partial charge in [0.15, 0.2) is 5.76 Å². The lowest BCUT2D eigenvalue weighted by Gasteiger charge is -2.10. The predicted octanol–water partition coefficient (Wildman–Crippen LogP) is 1.65. The third kappa shape index (κ3) is 4.30. The first-order chi connectivity index (χ1) is 13.5. The highest BCUT2D eigenvalue weighted by Crippen LogP contribution is 2.24. The van der Waals surface area contributed by atoms with Crippen molar-refractivity contribution in [1.29, 1.82) is 0 Å². The van der Waals surface area contributed by atoms with E-state index in [9.17, 15) is 9.59 Å². The molecule has 0 fully saturated rings. The first kappa shape index (κ1) is 19.8. The molecule has 0 aliphatic rings. The average molecular weight is 427 g/mol. The number of carbonyl (C=O) groups excluding carboxylic acids is 1. The molecule has 11 nitrogen and oxygen atoms in total. The molecular weight excluding hydrogens is 412 g/mol. The smallest absolute Gasteiger partial charge is 0.381 e. The van der Waals surface area contributed by atoms with Gasteiger partial charge >= 0.3 is 5.63 Å². The van der Waals surface area contributed by atoms with Gasteiger partial charge in [-0.25, -0.2) is 4.79 Å². The van der Waals surface area contributed by atoms with Crippen molar-refractivity contribution >= 4 is 39.7 Å². The molecule has 13 heteroatoms. The van der Waals surface area contributed by atoms with Crippen LogP contribution in [-0.2, 0) is 4.74 Å². The van der Waals surface area contributed by atoms with Gasteiger partial charge in [-0.2, -0.15) is 9.78 Å². The molecule has 3 rings (SSSR count). The van der Waals surface area contributed by atoms with Crippen LogP contribution in [0.25, 0.3) is 5.13 Å². The molecule has 148 valence electrons. The highest BCUT2D eigenvalue weighted by Gasteiger charge is 2.19. The Balaban J connectivity index is 1.80. The van der Waals surface area contributed by atoms with Crippen LogP contribution in [0.1, 0.15) is 10.6 Å². The van der Waals surface area contributed by atoms with E-state index in [-0.39, 0.29) is 16.6 Å². The van der Waals surface area contributed by atoms with E-state index in [0.29, 0.717) is 29.1 Å². The largest absolute Gasteiger partial charge is 0.488 e. The first-order valence-corrected chi connectivity index (χ1v) is 9.02. The SMILES string of the molecule is COCCNc1cc(C(=O)Nc2nnc(-n3nccc3Cl)s2)oc(=O)c1OC. The van der Waals surface area contributed by atoms with Crippen LogP contribution >= 0.6 is 22.9 Å². The molecule has 28 heavy (non-hydrogen) atoms. The lowest BCUT2D eigenvalue weighted by atomic mass is 10.3. The number of nitrogens with zero attached hydrogens (tertiary/aromatic N) is 4. The number of amides is 1. The Kier molecular flexibility index (Phi) is 6.23. The minimum absolute atomic E-state index is 0.0424. The molecule has 0 radical (unpaired) electrons. The van der Waals surface area contributed by atoms with E-state index >= 15 is 0 Å². The van der Waals surface area contributed by atoms with Crippen molar-refractivity contribution in [3.05, 3.63) is 39.7 Å². The first-order valence-electron chi connectivity index (χ1n) is 7.83. The minimum atomic E-state index is -0.795. The maximum Gasteiger partial charge on any atom is 0.381 e. The fourth-order valence-corrected chi connectivity index (χ4v) is 3.09. The summed E-state index contributed by atoms with van der Waals surface area (Å²) >= 11 is 7.02. The Morgan fingerprint density at radius 3 is 2.89 bits per heavy atom. The van der Waals surface area contributed by atoms with E-state index in [4.69, 9.17) is 25.5 Å². The molecule has 3 aromatic heterocycles. The topological polar surface area (TPSA) is 133 Å². The van der Waals surface area contributed by atoms with Gasteiger partial charge < -0.3 is 19.2 Å². The minimum Gasteiger partial charge on any atom is -0.488 e. The zero-order chi connectivity index (χ0) is 20.1. The second-order valence-electron chi connectivity index (χ2n) is 5.17. The van der Waals surface area contributed by atoms with E-state index in [1.165, 1.54) is 24.1 Å². The number of carbonyl (C=O) groups is 1. The summed E-state index contributed by atoms with van der Waals surface area (Å²) in [6.07, 6.45) is 1.51. The second-order valence-corrected chi connectivity index (χ2v) is 6.52. The van der Waals surface area contributed by atoms with Crippen molar-refractivity contribution in [3.8, 4) is 10.9 Å². The molecule has 3 heterocycles. The molecule has 0 aliphatic carbocycles. The summed E-state index contributed by atoms with van der Waals surface area (Å²) in [7, 11) is 2.88. The van der Waals surface area contributed by atoms with E-state index in [0.717, 1.165) is 11.3 Å². The lowest BCUT2D eigenvalue weighted by molar-refractivity contribution is 0.0991. The molecule has 0 spiro atoms. The highest BCUT2D eigenvalue weighted by atomic mass is 35.5. The summed E-state index contributed by atoms with van der Waals surface area (Å²) in [5.74, 6) is -0.942. The predicted molar refractivity (Wildman–Crippen MR) is 102 cm³/mol. The van der Waals surface area contributed by atoms with Crippen LogP contribution in [-0.4, -0.2) is 53.3 Å². The van der Waals surface area contributed by atoms with E-state index in [1.807, 2.05) is 0 Å². The quantitative estimate of drug-likeness (QED) is 0.515. The van der Waals surface area contributed by atoms with Gasteiger partial charge in [0.2, 0.25) is 16.0 Å². The van der Waals surface area contributed by atoms with Crippen LogP contribution in [0.5, 0.6) is 5.75 Å². The number of ether oxygens (including phenoxy) is 2. The average Bonchev–Trinajstić information content (AvgIpc) is 3.30. The van der Waals surface area contributed by atoms with Crippen molar-refractivity contribution < 1.29 is 18.7 Å². The Morgan fingerprint density at radius 2 is 2.21 bits per heavy atom. The summed E-state index contributed by atoms with van der Waals surface area (Å²) < 4.78 is 16.4. The van der Waals surface area contributed by atoms with Crippen molar-refractivity contribution in [3.63, 3.8) is 0 Å². The zero-order valence-electron chi connectivity index (χ0n) is 14.8. The number of halogens is 1. The van der Waals surface area contributed by atoms with Gasteiger partial charge in [0.25, 0.3) is 5.91 Å². The van der Waals surface area contributed by atoms with Gasteiger partial charge in [-0.05, 0) is 6.07 Å².